The molecule has 5 heteroatoms. The lowest BCUT2D eigenvalue weighted by molar-refractivity contribution is -0.148. The molecule has 1 unspecified atom stereocenters. The summed E-state index contributed by atoms with van der Waals surface area (Å²) in [5.74, 6) is -0.924. The molecule has 1 atom stereocenters. The molecular formula is C15H18N2O3. The lowest BCUT2D eigenvalue weighted by atomic mass is 9.85. The molecule has 1 aromatic carbocycles. The summed E-state index contributed by atoms with van der Waals surface area (Å²) in [7, 11) is 0. The van der Waals surface area contributed by atoms with Crippen molar-refractivity contribution in [3.05, 3.63) is 48.3 Å². The summed E-state index contributed by atoms with van der Waals surface area (Å²) in [6.07, 6.45) is 2.58. The fourth-order valence-electron chi connectivity index (χ4n) is 1.92. The van der Waals surface area contributed by atoms with Crippen LogP contribution in [-0.2, 0) is 4.79 Å². The smallest absolute Gasteiger partial charge is 0.309 e. The summed E-state index contributed by atoms with van der Waals surface area (Å²) < 4.78 is 1.66. The van der Waals surface area contributed by atoms with Crippen molar-refractivity contribution < 1.29 is 15.0 Å². The summed E-state index contributed by atoms with van der Waals surface area (Å²) in [5.41, 5.74) is 0.528. The molecule has 1 aromatic heterocycles. The van der Waals surface area contributed by atoms with E-state index in [2.05, 4.69) is 5.10 Å². The Morgan fingerprint density at radius 1 is 1.35 bits per heavy atom. The van der Waals surface area contributed by atoms with E-state index in [0.29, 0.717) is 5.56 Å². The number of aliphatic hydroxyl groups excluding tert-OH is 1. The number of aromatic nitrogens is 2. The predicted octanol–water partition coefficient (Wildman–Crippen LogP) is 2.41. The molecule has 2 aromatic rings. The largest absolute Gasteiger partial charge is 0.481 e. The van der Waals surface area contributed by atoms with E-state index in [0.717, 1.165) is 5.69 Å². The zero-order chi connectivity index (χ0) is 14.8. The monoisotopic (exact) mass is 274 g/mol. The van der Waals surface area contributed by atoms with Crippen LogP contribution in [0.2, 0.25) is 0 Å². The summed E-state index contributed by atoms with van der Waals surface area (Å²) in [6.45, 7) is 3.19. The Morgan fingerprint density at radius 2 is 2.00 bits per heavy atom. The number of para-hydroxylation sites is 1. The predicted molar refractivity (Wildman–Crippen MR) is 74.6 cm³/mol. The van der Waals surface area contributed by atoms with Gasteiger partial charge in [-0.3, -0.25) is 4.79 Å². The van der Waals surface area contributed by atoms with E-state index in [-0.39, 0.29) is 6.42 Å². The number of hydrogen-bond acceptors (Lipinski definition) is 3. The van der Waals surface area contributed by atoms with Crippen molar-refractivity contribution in [1.82, 2.24) is 9.78 Å². The number of carboxylic acid groups (broad SMARTS) is 1. The van der Waals surface area contributed by atoms with Crippen LogP contribution in [0.1, 0.15) is 31.9 Å². The first-order valence-electron chi connectivity index (χ1n) is 6.41. The fraction of sp³-hybridized carbons (Fsp3) is 0.333. The number of hydrogen-bond donors (Lipinski definition) is 2. The number of nitrogens with zero attached hydrogens (tertiary/aromatic N) is 2. The second-order valence-corrected chi connectivity index (χ2v) is 5.46. The van der Waals surface area contributed by atoms with Gasteiger partial charge < -0.3 is 10.2 Å². The number of aliphatic carboxylic acids is 1. The summed E-state index contributed by atoms with van der Waals surface area (Å²) in [4.78, 5) is 11.1. The van der Waals surface area contributed by atoms with Crippen LogP contribution >= 0.6 is 0 Å². The van der Waals surface area contributed by atoms with Gasteiger partial charge in [-0.25, -0.2) is 4.68 Å². The Morgan fingerprint density at radius 3 is 2.60 bits per heavy atom. The molecule has 5 nitrogen and oxygen atoms in total. The lowest BCUT2D eigenvalue weighted by Crippen LogP contribution is -2.26. The highest BCUT2D eigenvalue weighted by Gasteiger charge is 2.31. The third-order valence-corrected chi connectivity index (χ3v) is 3.29. The Balaban J connectivity index is 2.15. The van der Waals surface area contributed by atoms with Gasteiger partial charge in [0.15, 0.2) is 0 Å². The minimum atomic E-state index is -0.978. The lowest BCUT2D eigenvalue weighted by Gasteiger charge is -2.21. The quantitative estimate of drug-likeness (QED) is 0.878. The first kappa shape index (κ1) is 14.3. The number of rotatable bonds is 5. The van der Waals surface area contributed by atoms with Crippen LogP contribution in [0.4, 0.5) is 0 Å². The maximum Gasteiger partial charge on any atom is 0.309 e. The zero-order valence-corrected chi connectivity index (χ0v) is 11.5. The maximum atomic E-state index is 11.1. The van der Waals surface area contributed by atoms with Crippen LogP contribution in [0.15, 0.2) is 42.7 Å². The minimum absolute atomic E-state index is 0.142. The van der Waals surface area contributed by atoms with Crippen LogP contribution in [0.25, 0.3) is 5.69 Å². The molecule has 0 aliphatic carbocycles. The van der Waals surface area contributed by atoms with Crippen molar-refractivity contribution in [2.45, 2.75) is 26.4 Å². The molecule has 0 fully saturated rings. The molecule has 0 aliphatic rings. The van der Waals surface area contributed by atoms with Crippen LogP contribution < -0.4 is 0 Å². The van der Waals surface area contributed by atoms with E-state index in [1.165, 1.54) is 0 Å². The second kappa shape index (κ2) is 5.46. The molecule has 106 valence electrons. The zero-order valence-electron chi connectivity index (χ0n) is 11.5. The number of aliphatic hydroxyl groups is 1. The molecule has 0 bridgehead atoms. The summed E-state index contributed by atoms with van der Waals surface area (Å²) in [5, 5.41) is 23.4. The third kappa shape index (κ3) is 3.05. The molecule has 0 radical (unpaired) electrons. The Bertz CT molecular complexity index is 590. The van der Waals surface area contributed by atoms with E-state index in [4.69, 9.17) is 5.11 Å². The van der Waals surface area contributed by atoms with Crippen LogP contribution in [0.5, 0.6) is 0 Å². The van der Waals surface area contributed by atoms with E-state index in [1.54, 1.807) is 30.9 Å². The Kier molecular flexibility index (Phi) is 3.90. The molecule has 1 heterocycles. The Labute approximate surface area is 117 Å². The van der Waals surface area contributed by atoms with Crippen LogP contribution in [-0.4, -0.2) is 26.0 Å². The molecule has 20 heavy (non-hydrogen) atoms. The average Bonchev–Trinajstić information content (AvgIpc) is 2.88. The highest BCUT2D eigenvalue weighted by atomic mass is 16.4. The van der Waals surface area contributed by atoms with Crippen molar-refractivity contribution in [3.8, 4) is 5.69 Å². The van der Waals surface area contributed by atoms with Gasteiger partial charge in [0.2, 0.25) is 0 Å². The summed E-state index contributed by atoms with van der Waals surface area (Å²) >= 11 is 0. The van der Waals surface area contributed by atoms with Crippen molar-refractivity contribution in [2.75, 3.05) is 0 Å². The topological polar surface area (TPSA) is 75.4 Å². The van der Waals surface area contributed by atoms with Gasteiger partial charge in [-0.1, -0.05) is 18.2 Å². The van der Waals surface area contributed by atoms with E-state index >= 15 is 0 Å². The third-order valence-electron chi connectivity index (χ3n) is 3.29. The molecule has 0 amide bonds. The highest BCUT2D eigenvalue weighted by Crippen LogP contribution is 2.30. The van der Waals surface area contributed by atoms with Crippen LogP contribution in [0.3, 0.4) is 0 Å². The van der Waals surface area contributed by atoms with E-state index in [1.807, 2.05) is 30.3 Å². The standard InChI is InChI=1S/C15H18N2O3/c1-15(2,14(19)20)8-13(18)11-9-16-17(10-11)12-6-4-3-5-7-12/h3-7,9-10,13,18H,8H2,1-2H3,(H,19,20). The SMILES string of the molecule is CC(C)(CC(O)c1cnn(-c2ccccc2)c1)C(=O)O. The Hall–Kier alpha value is -2.14. The van der Waals surface area contributed by atoms with Gasteiger partial charge >= 0.3 is 5.97 Å². The molecular weight excluding hydrogens is 256 g/mol. The number of benzene rings is 1. The van der Waals surface area contributed by atoms with Crippen molar-refractivity contribution in [3.63, 3.8) is 0 Å². The minimum Gasteiger partial charge on any atom is -0.481 e. The van der Waals surface area contributed by atoms with Gasteiger partial charge in [-0.2, -0.15) is 5.10 Å². The van der Waals surface area contributed by atoms with Gasteiger partial charge in [0, 0.05) is 11.8 Å². The van der Waals surface area contributed by atoms with Gasteiger partial charge in [0.1, 0.15) is 0 Å². The normalized spacial score (nSPS) is 13.2. The highest BCUT2D eigenvalue weighted by molar-refractivity contribution is 5.73. The van der Waals surface area contributed by atoms with Gasteiger partial charge in [-0.15, -0.1) is 0 Å². The second-order valence-electron chi connectivity index (χ2n) is 5.46. The molecule has 2 rings (SSSR count). The first-order chi connectivity index (χ1) is 9.40. The number of carboxylic acids is 1. The molecule has 0 saturated carbocycles. The molecule has 2 N–H and O–H groups in total. The maximum absolute atomic E-state index is 11.1. The summed E-state index contributed by atoms with van der Waals surface area (Å²) in [6, 6.07) is 9.54. The van der Waals surface area contributed by atoms with Crippen molar-refractivity contribution in [2.24, 2.45) is 5.41 Å². The van der Waals surface area contributed by atoms with Crippen molar-refractivity contribution in [1.29, 1.82) is 0 Å². The van der Waals surface area contributed by atoms with E-state index in [9.17, 15) is 9.90 Å². The van der Waals surface area contributed by atoms with Crippen molar-refractivity contribution >= 4 is 5.97 Å². The van der Waals surface area contributed by atoms with Crippen LogP contribution in [0, 0.1) is 5.41 Å². The fourth-order valence-corrected chi connectivity index (χ4v) is 1.92. The number of carbonyl (C=O) groups is 1. The van der Waals surface area contributed by atoms with Gasteiger partial charge in [0.25, 0.3) is 0 Å². The molecule has 0 saturated heterocycles. The molecule has 0 aliphatic heterocycles. The first-order valence-corrected chi connectivity index (χ1v) is 6.41. The molecule has 0 spiro atoms. The van der Waals surface area contributed by atoms with Gasteiger partial charge in [-0.05, 0) is 32.4 Å². The average molecular weight is 274 g/mol. The van der Waals surface area contributed by atoms with Gasteiger partial charge in [0.05, 0.1) is 23.4 Å². The van der Waals surface area contributed by atoms with E-state index < -0.39 is 17.5 Å².